The highest BCUT2D eigenvalue weighted by Crippen LogP contribution is 2.27. The third-order valence-electron chi connectivity index (χ3n) is 2.41. The molecule has 0 aliphatic rings. The van der Waals surface area contributed by atoms with E-state index in [-0.39, 0.29) is 21.7 Å². The fourth-order valence-corrected chi connectivity index (χ4v) is 3.26. The summed E-state index contributed by atoms with van der Waals surface area (Å²) in [6, 6.07) is 6.67. The van der Waals surface area contributed by atoms with Gasteiger partial charge in [0.1, 0.15) is 12.0 Å². The molecule has 20 heavy (non-hydrogen) atoms. The van der Waals surface area contributed by atoms with E-state index in [1.54, 1.807) is 24.3 Å². The average molecular weight is 333 g/mol. The van der Waals surface area contributed by atoms with Crippen LogP contribution < -0.4 is 10.5 Å². The Morgan fingerprint density at radius 2 is 1.75 bits per heavy atom. The molecule has 106 valence electrons. The highest BCUT2D eigenvalue weighted by Gasteiger charge is 2.18. The van der Waals surface area contributed by atoms with Gasteiger partial charge < -0.3 is 5.73 Å². The zero-order valence-electron chi connectivity index (χ0n) is 10.0. The van der Waals surface area contributed by atoms with Crippen LogP contribution in [0.1, 0.15) is 5.56 Å². The Balaban J connectivity index is 2.27. The first kappa shape index (κ1) is 14.8. The molecule has 0 unspecified atom stereocenters. The van der Waals surface area contributed by atoms with E-state index in [4.69, 9.17) is 28.9 Å². The lowest BCUT2D eigenvalue weighted by Gasteiger charge is -2.11. The van der Waals surface area contributed by atoms with Gasteiger partial charge >= 0.3 is 0 Å². The second-order valence-electron chi connectivity index (χ2n) is 3.89. The molecule has 1 heterocycles. The molecule has 9 heteroatoms. The van der Waals surface area contributed by atoms with Crippen LogP contribution in [0.3, 0.4) is 0 Å². The van der Waals surface area contributed by atoms with Gasteiger partial charge in [-0.05, 0) is 11.6 Å². The maximum atomic E-state index is 12.1. The number of nitrogen functional groups attached to an aromatic ring is 1. The van der Waals surface area contributed by atoms with E-state index in [9.17, 15) is 8.42 Å². The summed E-state index contributed by atoms with van der Waals surface area (Å²) in [4.78, 5) is 7.33. The van der Waals surface area contributed by atoms with Crippen molar-refractivity contribution in [1.82, 2.24) is 9.97 Å². The number of benzene rings is 1. The third kappa shape index (κ3) is 3.50. The summed E-state index contributed by atoms with van der Waals surface area (Å²) < 4.78 is 26.4. The smallest absolute Gasteiger partial charge is 0.237 e. The molecule has 0 atom stereocenters. The quantitative estimate of drug-likeness (QED) is 0.661. The lowest BCUT2D eigenvalue weighted by Crippen LogP contribution is -2.17. The van der Waals surface area contributed by atoms with E-state index in [1.165, 1.54) is 0 Å². The molecule has 6 nitrogen and oxygen atoms in total. The highest BCUT2D eigenvalue weighted by atomic mass is 35.5. The van der Waals surface area contributed by atoms with Crippen LogP contribution in [0.25, 0.3) is 0 Å². The summed E-state index contributed by atoms with van der Waals surface area (Å²) in [5, 5.41) is -0.149. The van der Waals surface area contributed by atoms with E-state index in [2.05, 4.69) is 14.7 Å². The van der Waals surface area contributed by atoms with Crippen molar-refractivity contribution in [3.05, 3.63) is 46.5 Å². The van der Waals surface area contributed by atoms with Crippen LogP contribution in [0.15, 0.2) is 30.6 Å². The van der Waals surface area contributed by atoms with E-state index in [0.717, 1.165) is 6.33 Å². The number of hydrogen-bond donors (Lipinski definition) is 2. The molecule has 0 radical (unpaired) electrons. The lowest BCUT2D eigenvalue weighted by molar-refractivity contribution is 0.600. The second kappa shape index (κ2) is 5.82. The maximum Gasteiger partial charge on any atom is 0.237 e. The Labute approximate surface area is 126 Å². The van der Waals surface area contributed by atoms with Gasteiger partial charge in [0.2, 0.25) is 10.0 Å². The molecule has 0 bridgehead atoms. The highest BCUT2D eigenvalue weighted by molar-refractivity contribution is 7.92. The van der Waals surface area contributed by atoms with Gasteiger partial charge in [-0.3, -0.25) is 4.72 Å². The number of nitrogens with zero attached hydrogens (tertiary/aromatic N) is 2. The zero-order chi connectivity index (χ0) is 14.8. The first-order valence-corrected chi connectivity index (χ1v) is 7.80. The fourth-order valence-electron chi connectivity index (χ4n) is 1.49. The molecule has 1 aromatic heterocycles. The summed E-state index contributed by atoms with van der Waals surface area (Å²) >= 11 is 11.6. The van der Waals surface area contributed by atoms with Crippen LogP contribution in [0, 0.1) is 0 Å². The summed E-state index contributed by atoms with van der Waals surface area (Å²) in [6.07, 6.45) is 1.14. The van der Waals surface area contributed by atoms with Crippen molar-refractivity contribution in [3.63, 3.8) is 0 Å². The van der Waals surface area contributed by atoms with Crippen molar-refractivity contribution in [2.75, 3.05) is 10.5 Å². The van der Waals surface area contributed by atoms with Crippen LogP contribution >= 0.6 is 23.2 Å². The molecule has 0 amide bonds. The van der Waals surface area contributed by atoms with E-state index in [1.807, 2.05) is 0 Å². The Kier molecular flexibility index (Phi) is 4.32. The number of halogens is 2. The number of sulfonamides is 1. The van der Waals surface area contributed by atoms with Crippen LogP contribution in [-0.4, -0.2) is 18.4 Å². The molecular weight excluding hydrogens is 323 g/mol. The predicted molar refractivity (Wildman–Crippen MR) is 79.2 cm³/mol. The van der Waals surface area contributed by atoms with Gasteiger partial charge in [-0.25, -0.2) is 18.4 Å². The van der Waals surface area contributed by atoms with E-state index in [0.29, 0.717) is 11.3 Å². The molecule has 0 aliphatic heterocycles. The molecule has 0 saturated carbocycles. The lowest BCUT2D eigenvalue weighted by atomic mass is 10.2. The van der Waals surface area contributed by atoms with Crippen LogP contribution in [0.4, 0.5) is 11.4 Å². The molecule has 2 aromatic rings. The maximum absolute atomic E-state index is 12.1. The molecular formula is C11H10Cl2N4O2S. The van der Waals surface area contributed by atoms with Gasteiger partial charge in [0.15, 0.2) is 10.3 Å². The molecule has 0 fully saturated rings. The van der Waals surface area contributed by atoms with E-state index >= 15 is 0 Å². The standard InChI is InChI=1S/C11H10Cl2N4O2S/c12-10-9(11(13)16-6-15-10)17-20(18,19)5-7-3-1-2-4-8(7)14/h1-4,6,17H,5,14H2. The summed E-state index contributed by atoms with van der Waals surface area (Å²) in [6.45, 7) is 0. The summed E-state index contributed by atoms with van der Waals surface area (Å²) in [7, 11) is -3.73. The topological polar surface area (TPSA) is 98.0 Å². The van der Waals surface area contributed by atoms with Crippen LogP contribution in [0.2, 0.25) is 10.3 Å². The average Bonchev–Trinajstić information content (AvgIpc) is 2.37. The van der Waals surface area contributed by atoms with Crippen molar-refractivity contribution >= 4 is 44.6 Å². The number of anilines is 2. The van der Waals surface area contributed by atoms with Gasteiger partial charge in [-0.1, -0.05) is 41.4 Å². The van der Waals surface area contributed by atoms with Crippen LogP contribution in [-0.2, 0) is 15.8 Å². The Hall–Kier alpha value is -1.57. The van der Waals surface area contributed by atoms with Gasteiger partial charge in [-0.2, -0.15) is 0 Å². The fraction of sp³-hybridized carbons (Fsp3) is 0.0909. The van der Waals surface area contributed by atoms with Crippen molar-refractivity contribution in [1.29, 1.82) is 0 Å². The van der Waals surface area contributed by atoms with Crippen molar-refractivity contribution < 1.29 is 8.42 Å². The Bertz CT molecular complexity index is 717. The van der Waals surface area contributed by atoms with Crippen LogP contribution in [0.5, 0.6) is 0 Å². The Morgan fingerprint density at radius 3 is 2.35 bits per heavy atom. The molecule has 0 spiro atoms. The number of rotatable bonds is 4. The molecule has 1 aromatic carbocycles. The normalized spacial score (nSPS) is 11.3. The largest absolute Gasteiger partial charge is 0.398 e. The molecule has 0 saturated heterocycles. The van der Waals surface area contributed by atoms with Crippen molar-refractivity contribution in [2.45, 2.75) is 5.75 Å². The molecule has 2 rings (SSSR count). The van der Waals surface area contributed by atoms with E-state index < -0.39 is 10.0 Å². The number of nitrogens with one attached hydrogen (secondary N) is 1. The minimum absolute atomic E-state index is 0.0506. The SMILES string of the molecule is Nc1ccccc1CS(=O)(=O)Nc1c(Cl)ncnc1Cl. The Morgan fingerprint density at radius 1 is 1.15 bits per heavy atom. The predicted octanol–water partition coefficient (Wildman–Crippen LogP) is 2.31. The first-order valence-electron chi connectivity index (χ1n) is 5.39. The minimum Gasteiger partial charge on any atom is -0.398 e. The summed E-state index contributed by atoms with van der Waals surface area (Å²) in [5.41, 5.74) is 6.53. The van der Waals surface area contributed by atoms with Gasteiger partial charge in [0.25, 0.3) is 0 Å². The molecule has 3 N–H and O–H groups in total. The first-order chi connectivity index (χ1) is 9.39. The van der Waals surface area contributed by atoms with Crippen molar-refractivity contribution in [2.24, 2.45) is 0 Å². The number of nitrogens with two attached hydrogens (primary N) is 1. The van der Waals surface area contributed by atoms with Crippen molar-refractivity contribution in [3.8, 4) is 0 Å². The zero-order valence-corrected chi connectivity index (χ0v) is 12.4. The summed E-state index contributed by atoms with van der Waals surface area (Å²) in [5.74, 6) is -0.304. The monoisotopic (exact) mass is 332 g/mol. The van der Waals surface area contributed by atoms with Gasteiger partial charge in [-0.15, -0.1) is 0 Å². The number of aromatic nitrogens is 2. The van der Waals surface area contributed by atoms with Gasteiger partial charge in [0, 0.05) is 5.69 Å². The minimum atomic E-state index is -3.73. The number of para-hydroxylation sites is 1. The number of hydrogen-bond acceptors (Lipinski definition) is 5. The van der Waals surface area contributed by atoms with Gasteiger partial charge in [0.05, 0.1) is 5.75 Å². The molecule has 0 aliphatic carbocycles. The third-order valence-corrected chi connectivity index (χ3v) is 4.19. The second-order valence-corrected chi connectivity index (χ2v) is 6.33.